The second-order valence-corrected chi connectivity index (χ2v) is 5.10. The molecule has 3 N–H and O–H groups in total. The molecule has 1 aromatic carbocycles. The molecule has 1 rings (SSSR count). The van der Waals surface area contributed by atoms with Crippen LogP contribution in [0.5, 0.6) is 0 Å². The summed E-state index contributed by atoms with van der Waals surface area (Å²) in [5.74, 6) is -1.46. The SMILES string of the molecule is CC(NC(=O)C(=O)NC(C)(C)CO)c1ccccc1. The Kier molecular flexibility index (Phi) is 5.06. The van der Waals surface area contributed by atoms with Crippen molar-refractivity contribution in [3.05, 3.63) is 35.9 Å². The third-order valence-electron chi connectivity index (χ3n) is 2.70. The van der Waals surface area contributed by atoms with Crippen LogP contribution >= 0.6 is 0 Å². The lowest BCUT2D eigenvalue weighted by atomic mass is 10.1. The molecule has 2 amide bonds. The number of hydrogen-bond donors (Lipinski definition) is 3. The number of benzene rings is 1. The van der Waals surface area contributed by atoms with E-state index in [2.05, 4.69) is 10.6 Å². The second-order valence-electron chi connectivity index (χ2n) is 5.10. The van der Waals surface area contributed by atoms with E-state index in [1.165, 1.54) is 0 Å². The molecule has 1 unspecified atom stereocenters. The first-order valence-corrected chi connectivity index (χ1v) is 6.14. The number of aliphatic hydroxyl groups is 1. The number of nitrogens with one attached hydrogen (secondary N) is 2. The minimum Gasteiger partial charge on any atom is -0.394 e. The Labute approximate surface area is 113 Å². The van der Waals surface area contributed by atoms with Gasteiger partial charge in [-0.3, -0.25) is 9.59 Å². The van der Waals surface area contributed by atoms with E-state index in [9.17, 15) is 9.59 Å². The average Bonchev–Trinajstić information content (AvgIpc) is 2.39. The predicted molar refractivity (Wildman–Crippen MR) is 72.3 cm³/mol. The molecule has 0 saturated heterocycles. The maximum atomic E-state index is 11.7. The number of hydrogen-bond acceptors (Lipinski definition) is 3. The van der Waals surface area contributed by atoms with Gasteiger partial charge >= 0.3 is 11.8 Å². The minimum absolute atomic E-state index is 0.236. The van der Waals surface area contributed by atoms with Gasteiger partial charge in [-0.15, -0.1) is 0 Å². The van der Waals surface area contributed by atoms with E-state index >= 15 is 0 Å². The number of amides is 2. The Hall–Kier alpha value is -1.88. The number of rotatable bonds is 4. The highest BCUT2D eigenvalue weighted by Gasteiger charge is 2.24. The van der Waals surface area contributed by atoms with Crippen LogP contribution in [0, 0.1) is 0 Å². The van der Waals surface area contributed by atoms with Crippen LogP contribution in [0.25, 0.3) is 0 Å². The number of carbonyl (C=O) groups is 2. The third-order valence-corrected chi connectivity index (χ3v) is 2.70. The van der Waals surface area contributed by atoms with Gasteiger partial charge in [-0.25, -0.2) is 0 Å². The van der Waals surface area contributed by atoms with Crippen LogP contribution in [-0.4, -0.2) is 29.1 Å². The largest absolute Gasteiger partial charge is 0.394 e. The predicted octanol–water partition coefficient (Wildman–Crippen LogP) is 0.751. The molecule has 1 aromatic rings. The fourth-order valence-electron chi connectivity index (χ4n) is 1.49. The highest BCUT2D eigenvalue weighted by Crippen LogP contribution is 2.10. The summed E-state index contributed by atoms with van der Waals surface area (Å²) in [4.78, 5) is 23.4. The molecule has 0 spiro atoms. The van der Waals surface area contributed by atoms with Gasteiger partial charge in [0.05, 0.1) is 18.2 Å². The van der Waals surface area contributed by atoms with E-state index in [4.69, 9.17) is 5.11 Å². The van der Waals surface area contributed by atoms with Crippen LogP contribution in [-0.2, 0) is 9.59 Å². The minimum atomic E-state index is -0.815. The standard InChI is InChI=1S/C14H20N2O3/c1-10(11-7-5-4-6-8-11)15-12(18)13(19)16-14(2,3)9-17/h4-8,10,17H,9H2,1-3H3,(H,15,18)(H,16,19). The molecule has 0 saturated carbocycles. The molecule has 0 fully saturated rings. The van der Waals surface area contributed by atoms with Crippen molar-refractivity contribution in [3.8, 4) is 0 Å². The molecular formula is C14H20N2O3. The van der Waals surface area contributed by atoms with Crippen molar-refractivity contribution in [2.45, 2.75) is 32.4 Å². The van der Waals surface area contributed by atoms with Gasteiger partial charge in [0.25, 0.3) is 0 Å². The molecule has 5 heteroatoms. The summed E-state index contributed by atoms with van der Waals surface area (Å²) in [6.07, 6.45) is 0. The molecular weight excluding hydrogens is 244 g/mol. The van der Waals surface area contributed by atoms with Crippen molar-refractivity contribution in [2.75, 3.05) is 6.61 Å². The number of aliphatic hydroxyl groups excluding tert-OH is 1. The van der Waals surface area contributed by atoms with E-state index < -0.39 is 17.4 Å². The molecule has 1 atom stereocenters. The van der Waals surface area contributed by atoms with Gasteiger partial charge in [0.1, 0.15) is 0 Å². The van der Waals surface area contributed by atoms with Crippen molar-refractivity contribution < 1.29 is 14.7 Å². The van der Waals surface area contributed by atoms with Gasteiger partial charge in [-0.1, -0.05) is 30.3 Å². The Morgan fingerprint density at radius 3 is 2.32 bits per heavy atom. The summed E-state index contributed by atoms with van der Waals surface area (Å²) in [6, 6.07) is 9.12. The summed E-state index contributed by atoms with van der Waals surface area (Å²) in [7, 11) is 0. The second kappa shape index (κ2) is 6.33. The lowest BCUT2D eigenvalue weighted by Gasteiger charge is -2.23. The quantitative estimate of drug-likeness (QED) is 0.702. The zero-order valence-electron chi connectivity index (χ0n) is 11.4. The van der Waals surface area contributed by atoms with Crippen LogP contribution in [0.15, 0.2) is 30.3 Å². The first-order chi connectivity index (χ1) is 8.85. The maximum absolute atomic E-state index is 11.7. The van der Waals surface area contributed by atoms with E-state index in [-0.39, 0.29) is 12.6 Å². The summed E-state index contributed by atoms with van der Waals surface area (Å²) < 4.78 is 0. The summed E-state index contributed by atoms with van der Waals surface area (Å²) in [5, 5.41) is 14.1. The van der Waals surface area contributed by atoms with Crippen molar-refractivity contribution in [1.82, 2.24) is 10.6 Å². The normalized spacial score (nSPS) is 12.6. The lowest BCUT2D eigenvalue weighted by Crippen LogP contribution is -2.51. The fraction of sp³-hybridized carbons (Fsp3) is 0.429. The van der Waals surface area contributed by atoms with Gasteiger partial charge < -0.3 is 15.7 Å². The van der Waals surface area contributed by atoms with E-state index in [0.717, 1.165) is 5.56 Å². The monoisotopic (exact) mass is 264 g/mol. The summed E-state index contributed by atoms with van der Waals surface area (Å²) >= 11 is 0. The van der Waals surface area contributed by atoms with Crippen LogP contribution in [0.4, 0.5) is 0 Å². The van der Waals surface area contributed by atoms with Crippen LogP contribution in [0.1, 0.15) is 32.4 Å². The first kappa shape index (κ1) is 15.2. The molecule has 19 heavy (non-hydrogen) atoms. The van der Waals surface area contributed by atoms with Gasteiger partial charge in [0.2, 0.25) is 0 Å². The van der Waals surface area contributed by atoms with E-state index in [0.29, 0.717) is 0 Å². The van der Waals surface area contributed by atoms with Crippen molar-refractivity contribution >= 4 is 11.8 Å². The first-order valence-electron chi connectivity index (χ1n) is 6.14. The molecule has 0 aromatic heterocycles. The third kappa shape index (κ3) is 4.71. The smallest absolute Gasteiger partial charge is 0.309 e. The molecule has 0 aliphatic rings. The highest BCUT2D eigenvalue weighted by molar-refractivity contribution is 6.35. The maximum Gasteiger partial charge on any atom is 0.309 e. The van der Waals surface area contributed by atoms with Crippen molar-refractivity contribution in [3.63, 3.8) is 0 Å². The van der Waals surface area contributed by atoms with E-state index in [1.807, 2.05) is 30.3 Å². The Morgan fingerprint density at radius 2 is 1.79 bits per heavy atom. The van der Waals surface area contributed by atoms with E-state index in [1.54, 1.807) is 20.8 Å². The number of carbonyl (C=O) groups excluding carboxylic acids is 2. The van der Waals surface area contributed by atoms with Crippen LogP contribution < -0.4 is 10.6 Å². The Morgan fingerprint density at radius 1 is 1.21 bits per heavy atom. The molecule has 0 bridgehead atoms. The molecule has 0 aliphatic carbocycles. The van der Waals surface area contributed by atoms with Crippen molar-refractivity contribution in [2.24, 2.45) is 0 Å². The van der Waals surface area contributed by atoms with Gasteiger partial charge in [-0.2, -0.15) is 0 Å². The van der Waals surface area contributed by atoms with Crippen LogP contribution in [0.2, 0.25) is 0 Å². The Balaban J connectivity index is 2.58. The lowest BCUT2D eigenvalue weighted by molar-refractivity contribution is -0.140. The fourth-order valence-corrected chi connectivity index (χ4v) is 1.49. The van der Waals surface area contributed by atoms with Gasteiger partial charge in [0, 0.05) is 0 Å². The Bertz CT molecular complexity index is 443. The summed E-state index contributed by atoms with van der Waals surface area (Å²) in [5.41, 5.74) is 0.106. The molecule has 104 valence electrons. The average molecular weight is 264 g/mol. The van der Waals surface area contributed by atoms with Gasteiger partial charge in [-0.05, 0) is 26.3 Å². The summed E-state index contributed by atoms with van der Waals surface area (Å²) in [6.45, 7) is 4.84. The molecule has 0 radical (unpaired) electrons. The topological polar surface area (TPSA) is 78.4 Å². The van der Waals surface area contributed by atoms with Crippen LogP contribution in [0.3, 0.4) is 0 Å². The highest BCUT2D eigenvalue weighted by atomic mass is 16.3. The molecule has 0 heterocycles. The van der Waals surface area contributed by atoms with Crippen molar-refractivity contribution in [1.29, 1.82) is 0 Å². The zero-order valence-corrected chi connectivity index (χ0v) is 11.4. The molecule has 0 aliphatic heterocycles. The van der Waals surface area contributed by atoms with Gasteiger partial charge in [0.15, 0.2) is 0 Å². The molecule has 5 nitrogen and oxygen atoms in total. The zero-order chi connectivity index (χ0) is 14.5.